The molecule has 0 fully saturated rings. The predicted octanol–water partition coefficient (Wildman–Crippen LogP) is 5.67. The highest BCUT2D eigenvalue weighted by Crippen LogP contribution is 2.24. The summed E-state index contributed by atoms with van der Waals surface area (Å²) in [4.78, 5) is 0. The van der Waals surface area contributed by atoms with Crippen LogP contribution in [0.3, 0.4) is 0 Å². The first-order valence-electron chi connectivity index (χ1n) is 6.30. The van der Waals surface area contributed by atoms with E-state index < -0.39 is 0 Å². The number of rotatable bonds is 7. The van der Waals surface area contributed by atoms with Crippen molar-refractivity contribution >= 4 is 0 Å². The fraction of sp³-hybridized carbons (Fsp3) is 0.625. The third kappa shape index (κ3) is 8.52. The van der Waals surface area contributed by atoms with Gasteiger partial charge in [-0.1, -0.05) is 43.2 Å². The van der Waals surface area contributed by atoms with Crippen LogP contribution in [-0.2, 0) is 0 Å². The van der Waals surface area contributed by atoms with Crippen LogP contribution in [0.1, 0.15) is 60.3 Å². The smallest absolute Gasteiger partial charge is 0.0175 e. The Morgan fingerprint density at radius 1 is 1.06 bits per heavy atom. The Labute approximate surface area is 102 Å². The van der Waals surface area contributed by atoms with E-state index in [1.54, 1.807) is 0 Å². The maximum absolute atomic E-state index is 3.87. The molecule has 0 aliphatic carbocycles. The van der Waals surface area contributed by atoms with Crippen molar-refractivity contribution < 1.29 is 0 Å². The molecule has 0 nitrogen and oxygen atoms in total. The molecule has 0 aromatic carbocycles. The molecule has 0 unspecified atom stereocenters. The van der Waals surface area contributed by atoms with Gasteiger partial charge in [0.2, 0.25) is 0 Å². The largest absolute Gasteiger partial charge is 0.103 e. The summed E-state index contributed by atoms with van der Waals surface area (Å²) in [7, 11) is 0. The average molecular weight is 220 g/mol. The molecule has 0 heteroatoms. The summed E-state index contributed by atoms with van der Waals surface area (Å²) in [5.41, 5.74) is 3.20. The Kier molecular flexibility index (Phi) is 7.12. The van der Waals surface area contributed by atoms with E-state index in [2.05, 4.69) is 59.4 Å². The van der Waals surface area contributed by atoms with Gasteiger partial charge in [0.15, 0.2) is 0 Å². The Hall–Kier alpha value is -0.780. The first kappa shape index (κ1) is 15.2. The number of hydrogen-bond acceptors (Lipinski definition) is 0. The van der Waals surface area contributed by atoms with Crippen LogP contribution in [0.5, 0.6) is 0 Å². The Balaban J connectivity index is 3.88. The van der Waals surface area contributed by atoms with E-state index >= 15 is 0 Å². The summed E-state index contributed by atoms with van der Waals surface area (Å²) in [5, 5.41) is 0. The molecule has 0 aliphatic heterocycles. The minimum atomic E-state index is 0.274. The van der Waals surface area contributed by atoms with Gasteiger partial charge in [-0.3, -0.25) is 0 Å². The van der Waals surface area contributed by atoms with Gasteiger partial charge in [-0.05, 0) is 51.9 Å². The Morgan fingerprint density at radius 2 is 1.69 bits per heavy atom. The quantitative estimate of drug-likeness (QED) is 0.485. The molecule has 0 amide bonds. The van der Waals surface area contributed by atoms with Crippen LogP contribution in [0.4, 0.5) is 0 Å². The zero-order chi connectivity index (χ0) is 12.6. The van der Waals surface area contributed by atoms with Crippen LogP contribution in [0.2, 0.25) is 0 Å². The standard InChI is InChI=1S/C16H28/c1-7-16(5,6)13-9-12-15(4)11-8-10-14(2)3/h7,10,12H,1,8-9,11,13H2,2-6H3/b15-12+. The predicted molar refractivity (Wildman–Crippen MR) is 75.6 cm³/mol. The normalized spacial score (nSPS) is 12.4. The van der Waals surface area contributed by atoms with Crippen molar-refractivity contribution in [3.8, 4) is 0 Å². The maximum atomic E-state index is 3.87. The monoisotopic (exact) mass is 220 g/mol. The molecule has 0 heterocycles. The zero-order valence-electron chi connectivity index (χ0n) is 11.8. The van der Waals surface area contributed by atoms with Gasteiger partial charge in [0, 0.05) is 0 Å². The van der Waals surface area contributed by atoms with Crippen molar-refractivity contribution in [2.75, 3.05) is 0 Å². The van der Waals surface area contributed by atoms with Gasteiger partial charge in [0.25, 0.3) is 0 Å². The van der Waals surface area contributed by atoms with Gasteiger partial charge < -0.3 is 0 Å². The minimum Gasteiger partial charge on any atom is -0.103 e. The summed E-state index contributed by atoms with van der Waals surface area (Å²) < 4.78 is 0. The molecule has 0 aliphatic rings. The summed E-state index contributed by atoms with van der Waals surface area (Å²) in [6.45, 7) is 14.9. The maximum Gasteiger partial charge on any atom is -0.0175 e. The molecule has 0 rings (SSSR count). The molecule has 0 aromatic heterocycles. The molecule has 0 N–H and O–H groups in total. The second kappa shape index (κ2) is 7.49. The van der Waals surface area contributed by atoms with Crippen LogP contribution in [-0.4, -0.2) is 0 Å². The summed E-state index contributed by atoms with van der Waals surface area (Å²) in [6, 6.07) is 0. The van der Waals surface area contributed by atoms with Crippen LogP contribution in [0, 0.1) is 5.41 Å². The highest BCUT2D eigenvalue weighted by atomic mass is 14.2. The minimum absolute atomic E-state index is 0.274. The van der Waals surface area contributed by atoms with E-state index in [9.17, 15) is 0 Å². The third-order valence-corrected chi connectivity index (χ3v) is 2.93. The van der Waals surface area contributed by atoms with Crippen molar-refractivity contribution in [3.05, 3.63) is 36.0 Å². The van der Waals surface area contributed by atoms with Crippen LogP contribution < -0.4 is 0 Å². The second-order valence-electron chi connectivity index (χ2n) is 5.60. The molecular formula is C16H28. The molecule has 0 bridgehead atoms. The number of allylic oxidation sites excluding steroid dienone is 5. The van der Waals surface area contributed by atoms with Crippen molar-refractivity contribution in [1.29, 1.82) is 0 Å². The molecule has 0 saturated carbocycles. The molecule has 16 heavy (non-hydrogen) atoms. The fourth-order valence-electron chi connectivity index (χ4n) is 1.48. The SMILES string of the molecule is C=CC(C)(C)CC/C=C(\C)CCC=C(C)C. The van der Waals surface area contributed by atoms with E-state index in [4.69, 9.17) is 0 Å². The van der Waals surface area contributed by atoms with Gasteiger partial charge in [-0.15, -0.1) is 6.58 Å². The molecule has 0 aromatic rings. The van der Waals surface area contributed by atoms with Crippen molar-refractivity contribution in [2.24, 2.45) is 5.41 Å². The van der Waals surface area contributed by atoms with E-state index in [0.717, 1.165) is 0 Å². The van der Waals surface area contributed by atoms with Gasteiger partial charge in [-0.2, -0.15) is 0 Å². The Bertz CT molecular complexity index is 260. The highest BCUT2D eigenvalue weighted by Gasteiger charge is 2.10. The fourth-order valence-corrected chi connectivity index (χ4v) is 1.48. The van der Waals surface area contributed by atoms with Gasteiger partial charge >= 0.3 is 0 Å². The van der Waals surface area contributed by atoms with Gasteiger partial charge in [-0.25, -0.2) is 0 Å². The van der Waals surface area contributed by atoms with Crippen molar-refractivity contribution in [2.45, 2.75) is 60.3 Å². The molecule has 0 radical (unpaired) electrons. The van der Waals surface area contributed by atoms with E-state index in [1.807, 2.05) is 0 Å². The van der Waals surface area contributed by atoms with Crippen LogP contribution in [0.25, 0.3) is 0 Å². The first-order valence-corrected chi connectivity index (χ1v) is 6.30. The molecule has 0 saturated heterocycles. The lowest BCUT2D eigenvalue weighted by Crippen LogP contribution is -2.05. The van der Waals surface area contributed by atoms with Crippen molar-refractivity contribution in [1.82, 2.24) is 0 Å². The lowest BCUT2D eigenvalue weighted by Gasteiger charge is -2.18. The average Bonchev–Trinajstić information content (AvgIpc) is 2.17. The van der Waals surface area contributed by atoms with Crippen LogP contribution in [0.15, 0.2) is 36.0 Å². The first-order chi connectivity index (χ1) is 7.37. The molecular weight excluding hydrogens is 192 g/mol. The van der Waals surface area contributed by atoms with Gasteiger partial charge in [0.1, 0.15) is 0 Å². The summed E-state index contributed by atoms with van der Waals surface area (Å²) >= 11 is 0. The Morgan fingerprint density at radius 3 is 2.19 bits per heavy atom. The third-order valence-electron chi connectivity index (χ3n) is 2.93. The highest BCUT2D eigenvalue weighted by molar-refractivity contribution is 5.03. The van der Waals surface area contributed by atoms with Crippen molar-refractivity contribution in [3.63, 3.8) is 0 Å². The summed E-state index contributed by atoms with van der Waals surface area (Å²) in [5.74, 6) is 0. The number of hydrogen-bond donors (Lipinski definition) is 0. The molecule has 0 atom stereocenters. The van der Waals surface area contributed by atoms with E-state index in [1.165, 1.54) is 36.8 Å². The van der Waals surface area contributed by atoms with E-state index in [-0.39, 0.29) is 5.41 Å². The molecule has 0 spiro atoms. The second-order valence-corrected chi connectivity index (χ2v) is 5.60. The molecule has 92 valence electrons. The lowest BCUT2D eigenvalue weighted by molar-refractivity contribution is 0.443. The topological polar surface area (TPSA) is 0 Å². The van der Waals surface area contributed by atoms with E-state index in [0.29, 0.717) is 0 Å². The zero-order valence-corrected chi connectivity index (χ0v) is 11.8. The van der Waals surface area contributed by atoms with Gasteiger partial charge in [0.05, 0.1) is 0 Å². The summed E-state index contributed by atoms with van der Waals surface area (Å²) in [6.07, 6.45) is 11.5. The van der Waals surface area contributed by atoms with Crippen LogP contribution >= 0.6 is 0 Å². The lowest BCUT2D eigenvalue weighted by atomic mass is 9.88.